The van der Waals surface area contributed by atoms with Gasteiger partial charge in [0.2, 0.25) is 5.91 Å². The first kappa shape index (κ1) is 22.2. The van der Waals surface area contributed by atoms with Crippen LogP contribution in [0.15, 0.2) is 66.0 Å². The molecule has 1 aromatic heterocycles. The molecule has 4 rings (SSSR count). The fourth-order valence-electron chi connectivity index (χ4n) is 4.22. The normalized spacial score (nSPS) is 16.3. The summed E-state index contributed by atoms with van der Waals surface area (Å²) in [5.41, 5.74) is 2.55. The van der Waals surface area contributed by atoms with Crippen LogP contribution in [0.2, 0.25) is 0 Å². The molecule has 1 aliphatic rings. The van der Waals surface area contributed by atoms with E-state index in [9.17, 15) is 14.0 Å². The second-order valence-corrected chi connectivity index (χ2v) is 9.15. The predicted molar refractivity (Wildman–Crippen MR) is 125 cm³/mol. The zero-order chi connectivity index (χ0) is 22.7. The smallest absolute Gasteiger partial charge is 0.254 e. The molecule has 0 aliphatic carbocycles. The molecular weight excluding hydrogens is 423 g/mol. The van der Waals surface area contributed by atoms with E-state index >= 15 is 0 Å². The summed E-state index contributed by atoms with van der Waals surface area (Å²) >= 11 is 1.69. The van der Waals surface area contributed by atoms with E-state index in [0.717, 1.165) is 24.0 Å². The highest BCUT2D eigenvalue weighted by Gasteiger charge is 2.34. The lowest BCUT2D eigenvalue weighted by Gasteiger charge is -2.38. The van der Waals surface area contributed by atoms with Gasteiger partial charge in [0.25, 0.3) is 5.91 Å². The Kier molecular flexibility index (Phi) is 6.70. The molecule has 2 aromatic carbocycles. The van der Waals surface area contributed by atoms with Crippen molar-refractivity contribution in [3.8, 4) is 0 Å². The molecule has 0 fully saturated rings. The fourth-order valence-corrected chi connectivity index (χ4v) is 5.12. The van der Waals surface area contributed by atoms with Crippen LogP contribution < -0.4 is 0 Å². The van der Waals surface area contributed by atoms with E-state index in [0.29, 0.717) is 12.1 Å². The molecule has 2 amide bonds. The van der Waals surface area contributed by atoms with Crippen LogP contribution in [0, 0.1) is 5.82 Å². The summed E-state index contributed by atoms with van der Waals surface area (Å²) in [6.45, 7) is 4.57. The first-order valence-electron chi connectivity index (χ1n) is 11.0. The van der Waals surface area contributed by atoms with Crippen LogP contribution in [0.25, 0.3) is 0 Å². The van der Waals surface area contributed by atoms with Crippen molar-refractivity contribution < 1.29 is 14.0 Å². The predicted octanol–water partition coefficient (Wildman–Crippen LogP) is 5.30. The number of hydrogen-bond donors (Lipinski definition) is 0. The van der Waals surface area contributed by atoms with Gasteiger partial charge in [0.05, 0.1) is 6.04 Å². The van der Waals surface area contributed by atoms with E-state index in [1.54, 1.807) is 40.5 Å². The highest BCUT2D eigenvalue weighted by Crippen LogP contribution is 2.38. The molecule has 0 spiro atoms. The van der Waals surface area contributed by atoms with Crippen molar-refractivity contribution in [1.82, 2.24) is 9.80 Å². The number of amides is 2. The third-order valence-electron chi connectivity index (χ3n) is 6.18. The van der Waals surface area contributed by atoms with Gasteiger partial charge in [0, 0.05) is 23.0 Å². The molecular formula is C26H27FN2O2S. The molecule has 1 aliphatic heterocycles. The lowest BCUT2D eigenvalue weighted by atomic mass is 9.93. The molecule has 0 radical (unpaired) electrons. The number of halogens is 1. The van der Waals surface area contributed by atoms with Crippen molar-refractivity contribution in [2.75, 3.05) is 13.1 Å². The standard InChI is InChI=1S/C26H27FN2O2S/c1-3-18(2)29(26(31)20-7-5-4-6-8-20)17-24(30)28-15-13-23-22(14-16-32-23)25(28)19-9-11-21(27)12-10-19/h4-12,14,16,18,25H,3,13,15,17H2,1-2H3. The number of benzene rings is 2. The van der Waals surface area contributed by atoms with E-state index in [1.807, 2.05) is 42.3 Å². The molecule has 2 atom stereocenters. The Labute approximate surface area is 192 Å². The third-order valence-corrected chi connectivity index (χ3v) is 7.18. The number of fused-ring (bicyclic) bond motifs is 1. The largest absolute Gasteiger partial charge is 0.330 e. The number of rotatable bonds is 6. The summed E-state index contributed by atoms with van der Waals surface area (Å²) in [5, 5.41) is 2.04. The maximum atomic E-state index is 13.6. The zero-order valence-corrected chi connectivity index (χ0v) is 19.1. The van der Waals surface area contributed by atoms with E-state index in [2.05, 4.69) is 6.07 Å². The minimum absolute atomic E-state index is 0.0138. The lowest BCUT2D eigenvalue weighted by Crippen LogP contribution is -2.49. The van der Waals surface area contributed by atoms with Crippen LogP contribution in [0.5, 0.6) is 0 Å². The molecule has 0 N–H and O–H groups in total. The average molecular weight is 451 g/mol. The molecule has 4 nitrogen and oxygen atoms in total. The second-order valence-electron chi connectivity index (χ2n) is 8.15. The Balaban J connectivity index is 1.63. The van der Waals surface area contributed by atoms with E-state index in [1.165, 1.54) is 17.0 Å². The van der Waals surface area contributed by atoms with Crippen LogP contribution in [0.4, 0.5) is 4.39 Å². The minimum atomic E-state index is -0.301. The average Bonchev–Trinajstić information content (AvgIpc) is 3.31. The summed E-state index contributed by atoms with van der Waals surface area (Å²) in [5.74, 6) is -0.537. The van der Waals surface area contributed by atoms with Crippen LogP contribution in [-0.2, 0) is 11.2 Å². The SMILES string of the molecule is CCC(C)N(CC(=O)N1CCc2sccc2C1c1ccc(F)cc1)C(=O)c1ccccc1. The third kappa shape index (κ3) is 4.46. The summed E-state index contributed by atoms with van der Waals surface area (Å²) in [4.78, 5) is 31.6. The molecule has 32 heavy (non-hydrogen) atoms. The van der Waals surface area contributed by atoms with Crippen LogP contribution in [0.3, 0.4) is 0 Å². The van der Waals surface area contributed by atoms with Gasteiger partial charge in [0.1, 0.15) is 12.4 Å². The molecule has 6 heteroatoms. The molecule has 2 unspecified atom stereocenters. The Morgan fingerprint density at radius 1 is 1.12 bits per heavy atom. The van der Waals surface area contributed by atoms with Crippen molar-refractivity contribution in [2.45, 2.75) is 38.8 Å². The van der Waals surface area contributed by atoms with Crippen molar-refractivity contribution in [2.24, 2.45) is 0 Å². The summed E-state index contributed by atoms with van der Waals surface area (Å²) in [7, 11) is 0. The first-order valence-corrected chi connectivity index (χ1v) is 11.8. The van der Waals surface area contributed by atoms with Gasteiger partial charge in [-0.1, -0.05) is 37.3 Å². The number of nitrogens with zero attached hydrogens (tertiary/aromatic N) is 2. The Hall–Kier alpha value is -2.99. The fraction of sp³-hybridized carbons (Fsp3) is 0.308. The number of hydrogen-bond acceptors (Lipinski definition) is 3. The second kappa shape index (κ2) is 9.65. The van der Waals surface area contributed by atoms with Gasteiger partial charge in [-0.2, -0.15) is 0 Å². The monoisotopic (exact) mass is 450 g/mol. The lowest BCUT2D eigenvalue weighted by molar-refractivity contribution is -0.134. The van der Waals surface area contributed by atoms with Crippen LogP contribution in [-0.4, -0.2) is 40.7 Å². The van der Waals surface area contributed by atoms with Gasteiger partial charge >= 0.3 is 0 Å². The van der Waals surface area contributed by atoms with E-state index in [-0.39, 0.29) is 36.3 Å². The van der Waals surface area contributed by atoms with Gasteiger partial charge in [-0.25, -0.2) is 4.39 Å². The van der Waals surface area contributed by atoms with Gasteiger partial charge in [0.15, 0.2) is 0 Å². The van der Waals surface area contributed by atoms with Gasteiger partial charge in [-0.3, -0.25) is 9.59 Å². The highest BCUT2D eigenvalue weighted by atomic mass is 32.1. The number of carbonyl (C=O) groups is 2. The first-order chi connectivity index (χ1) is 15.5. The van der Waals surface area contributed by atoms with Crippen LogP contribution in [0.1, 0.15) is 52.7 Å². The van der Waals surface area contributed by atoms with E-state index < -0.39 is 0 Å². The van der Waals surface area contributed by atoms with E-state index in [4.69, 9.17) is 0 Å². The molecule has 0 bridgehead atoms. The summed E-state index contributed by atoms with van der Waals surface area (Å²) in [6.07, 6.45) is 1.54. The number of carbonyl (C=O) groups excluding carboxylic acids is 2. The maximum Gasteiger partial charge on any atom is 0.254 e. The summed E-state index contributed by atoms with van der Waals surface area (Å²) < 4.78 is 13.6. The quantitative estimate of drug-likeness (QED) is 0.511. The maximum absolute atomic E-state index is 13.6. The molecule has 2 heterocycles. The van der Waals surface area contributed by atoms with Crippen molar-refractivity contribution in [3.63, 3.8) is 0 Å². The van der Waals surface area contributed by atoms with Gasteiger partial charge in [-0.15, -0.1) is 11.3 Å². The van der Waals surface area contributed by atoms with Crippen molar-refractivity contribution >= 4 is 23.2 Å². The topological polar surface area (TPSA) is 40.6 Å². The summed E-state index contributed by atoms with van der Waals surface area (Å²) in [6, 6.07) is 17.2. The molecule has 0 saturated heterocycles. The minimum Gasteiger partial charge on any atom is -0.330 e. The van der Waals surface area contributed by atoms with Gasteiger partial charge < -0.3 is 9.80 Å². The Morgan fingerprint density at radius 3 is 2.53 bits per heavy atom. The number of thiophene rings is 1. The van der Waals surface area contributed by atoms with Crippen LogP contribution >= 0.6 is 11.3 Å². The Bertz CT molecular complexity index is 1080. The molecule has 166 valence electrons. The molecule has 0 saturated carbocycles. The van der Waals surface area contributed by atoms with Crippen molar-refractivity contribution in [3.05, 3.63) is 93.4 Å². The Morgan fingerprint density at radius 2 is 1.84 bits per heavy atom. The van der Waals surface area contributed by atoms with Crippen molar-refractivity contribution in [1.29, 1.82) is 0 Å². The zero-order valence-electron chi connectivity index (χ0n) is 18.3. The highest BCUT2D eigenvalue weighted by molar-refractivity contribution is 7.10. The molecule has 3 aromatic rings. The van der Waals surface area contributed by atoms with Gasteiger partial charge in [-0.05, 0) is 66.6 Å².